The fraction of sp³-hybridized carbons (Fsp3) is 0.400. The molecule has 3 atom stereocenters. The van der Waals surface area contributed by atoms with Gasteiger partial charge in [-0.1, -0.05) is 31.3 Å². The fourth-order valence-corrected chi connectivity index (χ4v) is 8.43. The van der Waals surface area contributed by atoms with Gasteiger partial charge in [0.25, 0.3) is 10.0 Å². The summed E-state index contributed by atoms with van der Waals surface area (Å²) < 4.78 is 34.6. The highest BCUT2D eigenvalue weighted by molar-refractivity contribution is 8.04. The summed E-state index contributed by atoms with van der Waals surface area (Å²) in [5, 5.41) is 3.78. The van der Waals surface area contributed by atoms with Crippen LogP contribution in [0, 0.1) is 5.92 Å². The minimum absolute atomic E-state index is 0.0249. The van der Waals surface area contributed by atoms with Gasteiger partial charge in [-0.25, -0.2) is 13.2 Å². The molecule has 1 N–H and O–H groups in total. The van der Waals surface area contributed by atoms with E-state index in [9.17, 15) is 27.6 Å². The van der Waals surface area contributed by atoms with Crippen molar-refractivity contribution in [3.8, 4) is 5.06 Å². The molecule has 0 bridgehead atoms. The Morgan fingerprint density at radius 1 is 1.21 bits per heavy atom. The van der Waals surface area contributed by atoms with Gasteiger partial charge in [-0.2, -0.15) is 4.31 Å². The van der Waals surface area contributed by atoms with Crippen LogP contribution in [0.5, 0.6) is 5.06 Å². The first-order valence-corrected chi connectivity index (χ1v) is 15.5. The molecule has 0 aromatic carbocycles. The summed E-state index contributed by atoms with van der Waals surface area (Å²) in [6.45, 7) is 3.38. The number of ether oxygens (including phenoxy) is 1. The molecule has 0 radical (unpaired) electrons. The number of ketones is 1. The lowest BCUT2D eigenvalue weighted by atomic mass is 10.0. The number of carbonyl (C=O) groups excluding carboxylic acids is 4. The number of sulfonamides is 1. The van der Waals surface area contributed by atoms with Crippen LogP contribution in [0.15, 0.2) is 41.9 Å². The van der Waals surface area contributed by atoms with E-state index in [4.69, 9.17) is 4.74 Å². The molecule has 0 spiro atoms. The Labute approximate surface area is 232 Å². The van der Waals surface area contributed by atoms with Crippen LogP contribution in [0.25, 0.3) is 9.40 Å². The van der Waals surface area contributed by atoms with Crippen LogP contribution in [0.3, 0.4) is 0 Å². The second kappa shape index (κ2) is 10.8. The number of rotatable bonds is 7. The first-order valence-electron chi connectivity index (χ1n) is 12.3. The number of nitrogens with one attached hydrogen (secondary N) is 1. The van der Waals surface area contributed by atoms with Gasteiger partial charge >= 0.3 is 11.2 Å². The highest BCUT2D eigenvalue weighted by Gasteiger charge is 2.55. The van der Waals surface area contributed by atoms with E-state index in [1.807, 2.05) is 25.3 Å². The largest absolute Gasteiger partial charge is 0.414 e. The van der Waals surface area contributed by atoms with Crippen LogP contribution in [0.1, 0.15) is 37.2 Å². The summed E-state index contributed by atoms with van der Waals surface area (Å²) in [4.78, 5) is 57.3. The summed E-state index contributed by atoms with van der Waals surface area (Å²) in [5.74, 6) is -0.950. The van der Waals surface area contributed by atoms with Crippen molar-refractivity contribution in [2.24, 2.45) is 5.92 Å². The number of nitrogens with zero attached hydrogens (tertiary/aromatic N) is 3. The third kappa shape index (κ3) is 5.33. The summed E-state index contributed by atoms with van der Waals surface area (Å²) in [7, 11) is -4.54. The normalized spacial score (nSPS) is 20.4. The minimum Gasteiger partial charge on any atom is -0.399 e. The predicted molar refractivity (Wildman–Crippen MR) is 145 cm³/mol. The fourth-order valence-electron chi connectivity index (χ4n) is 5.01. The molecule has 14 heteroatoms. The molecule has 39 heavy (non-hydrogen) atoms. The lowest BCUT2D eigenvalue weighted by molar-refractivity contribution is -0.138. The van der Waals surface area contributed by atoms with Gasteiger partial charge in [0.2, 0.25) is 5.91 Å². The van der Waals surface area contributed by atoms with Crippen LogP contribution >= 0.6 is 22.7 Å². The van der Waals surface area contributed by atoms with E-state index in [1.165, 1.54) is 45.9 Å². The molecule has 2 aliphatic heterocycles. The lowest BCUT2D eigenvalue weighted by Crippen LogP contribution is -2.53. The van der Waals surface area contributed by atoms with Gasteiger partial charge < -0.3 is 15.0 Å². The maximum absolute atomic E-state index is 13.6. The van der Waals surface area contributed by atoms with E-state index < -0.39 is 57.6 Å². The smallest absolute Gasteiger partial charge is 0.399 e. The predicted octanol–water partition coefficient (Wildman–Crippen LogP) is 2.89. The summed E-state index contributed by atoms with van der Waals surface area (Å²) in [5.41, 5.74) is -0.246. The summed E-state index contributed by atoms with van der Waals surface area (Å²) in [6.07, 6.45) is 0.990. The Morgan fingerprint density at radius 3 is 2.69 bits per heavy atom. The Kier molecular flexibility index (Phi) is 7.55. The molecular formula is C25H26N4O7S3. The van der Waals surface area contributed by atoms with Gasteiger partial charge in [0.1, 0.15) is 17.8 Å². The van der Waals surface area contributed by atoms with Crippen molar-refractivity contribution in [1.29, 1.82) is 0 Å². The Morgan fingerprint density at radius 2 is 2.00 bits per heavy atom. The molecule has 2 amide bonds. The van der Waals surface area contributed by atoms with E-state index >= 15 is 0 Å². The molecule has 11 nitrogen and oxygen atoms in total. The van der Waals surface area contributed by atoms with Crippen LogP contribution in [0.4, 0.5) is 4.79 Å². The molecular weight excluding hydrogens is 564 g/mol. The molecule has 206 valence electrons. The maximum Gasteiger partial charge on any atom is 0.414 e. The number of likely N-dealkylation sites (tertiary alicyclic amines) is 1. The number of carbonyl (C=O) groups is 4. The standard InChI is InChI=1S/C25H26N4O7S3/c1-14(2)11-16(27-25(33)36-21-12-20-19(38-21)7-10-37-20)23(31)28-9-6-17-22(28)18(30)13-29(17)39(34,35)24(32)15-5-3-4-8-26-15/h3-5,7-8,10,12,14,16-17,22H,6,9,11,13H2,1-2H3,(H,27,33). The SMILES string of the molecule is CC(C)CC(NC(=O)Oc1cc2sccc2s1)C(=O)N1CCC2C1C(=O)CN2S(=O)(=O)C(=O)c1ccccn1. The quantitative estimate of drug-likeness (QED) is 0.443. The van der Waals surface area contributed by atoms with Crippen molar-refractivity contribution in [3.63, 3.8) is 0 Å². The monoisotopic (exact) mass is 590 g/mol. The number of hydrogen-bond acceptors (Lipinski definition) is 10. The number of aromatic nitrogens is 1. The van der Waals surface area contributed by atoms with Crippen molar-refractivity contribution in [3.05, 3.63) is 47.6 Å². The molecule has 3 aromatic heterocycles. The molecule has 5 heterocycles. The van der Waals surface area contributed by atoms with Crippen LogP contribution in [-0.2, 0) is 19.6 Å². The minimum atomic E-state index is -4.54. The van der Waals surface area contributed by atoms with Crippen LogP contribution in [-0.4, -0.2) is 76.7 Å². The third-order valence-electron chi connectivity index (χ3n) is 6.68. The average Bonchev–Trinajstić information content (AvgIpc) is 3.65. The van der Waals surface area contributed by atoms with Gasteiger partial charge in [0.05, 0.1) is 12.6 Å². The lowest BCUT2D eigenvalue weighted by Gasteiger charge is -2.28. The van der Waals surface area contributed by atoms with E-state index in [0.717, 1.165) is 13.7 Å². The molecule has 5 rings (SSSR count). The zero-order valence-corrected chi connectivity index (χ0v) is 23.6. The highest BCUT2D eigenvalue weighted by Crippen LogP contribution is 2.36. The zero-order valence-electron chi connectivity index (χ0n) is 21.1. The van der Waals surface area contributed by atoms with Gasteiger partial charge in [-0.15, -0.1) is 11.3 Å². The van der Waals surface area contributed by atoms with E-state index in [1.54, 1.807) is 12.1 Å². The van der Waals surface area contributed by atoms with Crippen LogP contribution in [0.2, 0.25) is 0 Å². The Balaban J connectivity index is 1.31. The highest BCUT2D eigenvalue weighted by atomic mass is 32.2. The van der Waals surface area contributed by atoms with Crippen molar-refractivity contribution >= 4 is 65.0 Å². The number of amides is 2. The average molecular weight is 591 g/mol. The molecule has 3 aromatic rings. The van der Waals surface area contributed by atoms with Crippen molar-refractivity contribution in [2.75, 3.05) is 13.1 Å². The number of pyridine rings is 1. The number of fused-ring (bicyclic) bond motifs is 2. The van der Waals surface area contributed by atoms with Gasteiger partial charge in [-0.3, -0.25) is 19.4 Å². The molecule has 2 aliphatic rings. The topological polar surface area (TPSA) is 143 Å². The summed E-state index contributed by atoms with van der Waals surface area (Å²) in [6, 6.07) is 5.14. The Hall–Kier alpha value is -3.20. The van der Waals surface area contributed by atoms with E-state index in [-0.39, 0.29) is 31.0 Å². The molecule has 0 saturated carbocycles. The number of thiophene rings is 2. The van der Waals surface area contributed by atoms with E-state index in [2.05, 4.69) is 10.3 Å². The molecule has 2 saturated heterocycles. The molecule has 2 fully saturated rings. The second-order valence-corrected chi connectivity index (χ2v) is 13.6. The second-order valence-electron chi connectivity index (χ2n) is 9.78. The first-order chi connectivity index (χ1) is 18.6. The zero-order chi connectivity index (χ0) is 27.9. The number of hydrogen-bond donors (Lipinski definition) is 1. The van der Waals surface area contributed by atoms with Crippen molar-refractivity contribution in [1.82, 2.24) is 19.5 Å². The van der Waals surface area contributed by atoms with Gasteiger partial charge in [0.15, 0.2) is 10.8 Å². The third-order valence-corrected chi connectivity index (χ3v) is 10.4. The first kappa shape index (κ1) is 27.4. The summed E-state index contributed by atoms with van der Waals surface area (Å²) >= 11 is 2.84. The van der Waals surface area contributed by atoms with Crippen LogP contribution < -0.4 is 10.1 Å². The van der Waals surface area contributed by atoms with Crippen molar-refractivity contribution < 1.29 is 32.3 Å². The van der Waals surface area contributed by atoms with Gasteiger partial charge in [0, 0.05) is 28.2 Å². The number of Topliss-reactive ketones (excluding diaryl/α,β-unsaturated/α-hetero) is 1. The molecule has 0 aliphatic carbocycles. The maximum atomic E-state index is 13.6. The molecule has 3 unspecified atom stereocenters. The van der Waals surface area contributed by atoms with E-state index in [0.29, 0.717) is 5.06 Å². The Bertz CT molecular complexity index is 1500. The van der Waals surface area contributed by atoms with Crippen molar-refractivity contribution in [2.45, 2.75) is 44.8 Å². The van der Waals surface area contributed by atoms with Gasteiger partial charge in [-0.05, 0) is 42.3 Å².